The lowest BCUT2D eigenvalue weighted by atomic mass is 9.93. The van der Waals surface area contributed by atoms with Crippen molar-refractivity contribution in [2.75, 3.05) is 7.11 Å². The van der Waals surface area contributed by atoms with E-state index in [-0.39, 0.29) is 5.56 Å². The molecule has 2 N–H and O–H groups in total. The van der Waals surface area contributed by atoms with Gasteiger partial charge in [-0.2, -0.15) is 0 Å². The minimum atomic E-state index is -1.69. The van der Waals surface area contributed by atoms with Crippen molar-refractivity contribution in [2.24, 2.45) is 5.73 Å². The van der Waals surface area contributed by atoms with Crippen LogP contribution in [0.3, 0.4) is 0 Å². The second kappa shape index (κ2) is 3.94. The first-order chi connectivity index (χ1) is 6.89. The van der Waals surface area contributed by atoms with Crippen LogP contribution in [0.15, 0.2) is 18.2 Å². The van der Waals surface area contributed by atoms with Crippen LogP contribution in [0.2, 0.25) is 0 Å². The number of hydrogen-bond acceptors (Lipinski definition) is 3. The predicted octanol–water partition coefficient (Wildman–Crippen LogP) is 1.31. The van der Waals surface area contributed by atoms with Crippen molar-refractivity contribution in [3.8, 4) is 0 Å². The highest BCUT2D eigenvalue weighted by Gasteiger charge is 2.34. The number of ether oxygens (including phenoxy) is 1. The maximum atomic E-state index is 13.3. The van der Waals surface area contributed by atoms with Gasteiger partial charge in [0.25, 0.3) is 0 Å². The molecule has 0 saturated carbocycles. The van der Waals surface area contributed by atoms with Gasteiger partial charge in [0.2, 0.25) is 0 Å². The van der Waals surface area contributed by atoms with Crippen LogP contribution in [0.4, 0.5) is 8.78 Å². The number of hydrogen-bond donors (Lipinski definition) is 1. The highest BCUT2D eigenvalue weighted by Crippen LogP contribution is 2.23. The topological polar surface area (TPSA) is 52.3 Å². The summed E-state index contributed by atoms with van der Waals surface area (Å²) in [4.78, 5) is 11.3. The number of esters is 1. The Morgan fingerprint density at radius 1 is 1.47 bits per heavy atom. The fourth-order valence-electron chi connectivity index (χ4n) is 1.22. The fraction of sp³-hybridized carbons (Fsp3) is 0.300. The third-order valence-corrected chi connectivity index (χ3v) is 2.10. The maximum Gasteiger partial charge on any atom is 0.330 e. The monoisotopic (exact) mass is 215 g/mol. The molecule has 82 valence electrons. The standard InChI is InChI=1S/C10H11F2NO2/c1-10(13,9(14)15-2)7-5-6(11)3-4-8(7)12/h3-5H,13H2,1-2H3/t10-/m0/s1. The number of benzene rings is 1. The van der Waals surface area contributed by atoms with Crippen LogP contribution in [-0.2, 0) is 15.1 Å². The molecule has 0 spiro atoms. The van der Waals surface area contributed by atoms with Crippen LogP contribution in [0, 0.1) is 11.6 Å². The normalized spacial score (nSPS) is 14.5. The van der Waals surface area contributed by atoms with E-state index in [4.69, 9.17) is 5.73 Å². The van der Waals surface area contributed by atoms with Gasteiger partial charge in [-0.25, -0.2) is 13.6 Å². The van der Waals surface area contributed by atoms with Gasteiger partial charge in [-0.1, -0.05) is 0 Å². The molecule has 0 amide bonds. The van der Waals surface area contributed by atoms with Crippen LogP contribution in [0.1, 0.15) is 12.5 Å². The zero-order valence-electron chi connectivity index (χ0n) is 8.38. The number of nitrogens with two attached hydrogens (primary N) is 1. The van der Waals surface area contributed by atoms with E-state index < -0.39 is 23.1 Å². The van der Waals surface area contributed by atoms with Gasteiger partial charge < -0.3 is 10.5 Å². The number of halogens is 2. The van der Waals surface area contributed by atoms with Crippen molar-refractivity contribution in [1.29, 1.82) is 0 Å². The average Bonchev–Trinajstić information content (AvgIpc) is 2.20. The summed E-state index contributed by atoms with van der Waals surface area (Å²) in [5.74, 6) is -2.23. The van der Waals surface area contributed by atoms with Crippen molar-refractivity contribution < 1.29 is 18.3 Å². The Hall–Kier alpha value is -1.49. The molecule has 0 saturated heterocycles. The summed E-state index contributed by atoms with van der Waals surface area (Å²) < 4.78 is 30.6. The van der Waals surface area contributed by atoms with Crippen molar-refractivity contribution in [3.63, 3.8) is 0 Å². The van der Waals surface area contributed by atoms with Crippen LogP contribution >= 0.6 is 0 Å². The molecule has 0 aliphatic carbocycles. The Kier molecular flexibility index (Phi) is 3.04. The molecule has 0 bridgehead atoms. The Bertz CT molecular complexity index is 391. The van der Waals surface area contributed by atoms with Gasteiger partial charge in [0, 0.05) is 5.56 Å². The number of methoxy groups -OCH3 is 1. The molecule has 3 nitrogen and oxygen atoms in total. The quantitative estimate of drug-likeness (QED) is 0.757. The lowest BCUT2D eigenvalue weighted by Gasteiger charge is -2.22. The Morgan fingerprint density at radius 2 is 2.07 bits per heavy atom. The zero-order valence-corrected chi connectivity index (χ0v) is 8.38. The van der Waals surface area contributed by atoms with Crippen LogP contribution in [0.5, 0.6) is 0 Å². The molecule has 15 heavy (non-hydrogen) atoms. The number of carbonyl (C=O) groups excluding carboxylic acids is 1. The van der Waals surface area contributed by atoms with Crippen molar-refractivity contribution in [2.45, 2.75) is 12.5 Å². The van der Waals surface area contributed by atoms with Gasteiger partial charge in [-0.05, 0) is 25.1 Å². The molecule has 1 aromatic carbocycles. The Labute approximate surface area is 85.8 Å². The van der Waals surface area contributed by atoms with Crippen molar-refractivity contribution in [3.05, 3.63) is 35.4 Å². The van der Waals surface area contributed by atoms with Crippen LogP contribution in [0.25, 0.3) is 0 Å². The van der Waals surface area contributed by atoms with Gasteiger partial charge in [0.05, 0.1) is 7.11 Å². The fourth-order valence-corrected chi connectivity index (χ4v) is 1.22. The van der Waals surface area contributed by atoms with E-state index in [1.807, 2.05) is 0 Å². The first-order valence-corrected chi connectivity index (χ1v) is 4.22. The molecule has 0 aliphatic rings. The summed E-state index contributed by atoms with van der Waals surface area (Å²) in [5.41, 5.74) is 3.66. The summed E-state index contributed by atoms with van der Waals surface area (Å²) in [7, 11) is 1.13. The first kappa shape index (κ1) is 11.6. The van der Waals surface area contributed by atoms with Crippen LogP contribution < -0.4 is 5.73 Å². The molecular weight excluding hydrogens is 204 g/mol. The van der Waals surface area contributed by atoms with E-state index in [1.165, 1.54) is 6.92 Å². The van der Waals surface area contributed by atoms with E-state index in [1.54, 1.807) is 0 Å². The van der Waals surface area contributed by atoms with Crippen molar-refractivity contribution >= 4 is 5.97 Å². The lowest BCUT2D eigenvalue weighted by molar-refractivity contribution is -0.146. The molecule has 1 rings (SSSR count). The van der Waals surface area contributed by atoms with E-state index in [0.717, 1.165) is 25.3 Å². The summed E-state index contributed by atoms with van der Waals surface area (Å²) in [6.45, 7) is 1.26. The van der Waals surface area contributed by atoms with Gasteiger partial charge >= 0.3 is 5.97 Å². The molecule has 0 fully saturated rings. The number of rotatable bonds is 2. The zero-order chi connectivity index (χ0) is 11.6. The van der Waals surface area contributed by atoms with E-state index in [0.29, 0.717) is 0 Å². The highest BCUT2D eigenvalue weighted by molar-refractivity contribution is 5.81. The smallest absolute Gasteiger partial charge is 0.330 e. The van der Waals surface area contributed by atoms with E-state index in [9.17, 15) is 13.6 Å². The molecule has 0 aliphatic heterocycles. The van der Waals surface area contributed by atoms with Crippen molar-refractivity contribution in [1.82, 2.24) is 0 Å². The summed E-state index contributed by atoms with van der Waals surface area (Å²) in [6, 6.07) is 2.75. The van der Waals surface area contributed by atoms with E-state index in [2.05, 4.69) is 4.74 Å². The number of carbonyl (C=O) groups is 1. The van der Waals surface area contributed by atoms with Gasteiger partial charge in [0.15, 0.2) is 0 Å². The summed E-state index contributed by atoms with van der Waals surface area (Å²) in [6.07, 6.45) is 0. The predicted molar refractivity (Wildman–Crippen MR) is 49.9 cm³/mol. The van der Waals surface area contributed by atoms with E-state index >= 15 is 0 Å². The van der Waals surface area contributed by atoms with Gasteiger partial charge in [-0.15, -0.1) is 0 Å². The summed E-state index contributed by atoms with van der Waals surface area (Å²) in [5, 5.41) is 0. The highest BCUT2D eigenvalue weighted by atomic mass is 19.1. The molecule has 0 unspecified atom stereocenters. The molecule has 0 aromatic heterocycles. The maximum absolute atomic E-state index is 13.3. The molecule has 5 heteroatoms. The van der Waals surface area contributed by atoms with Crippen LogP contribution in [-0.4, -0.2) is 13.1 Å². The second-order valence-electron chi connectivity index (χ2n) is 3.32. The Morgan fingerprint density at radius 3 is 2.60 bits per heavy atom. The third kappa shape index (κ3) is 2.12. The largest absolute Gasteiger partial charge is 0.467 e. The SMILES string of the molecule is COC(=O)[C@@](C)(N)c1cc(F)ccc1F. The van der Waals surface area contributed by atoms with Gasteiger partial charge in [-0.3, -0.25) is 0 Å². The second-order valence-corrected chi connectivity index (χ2v) is 3.32. The molecule has 1 atom stereocenters. The molecule has 0 heterocycles. The molecular formula is C10H11F2NO2. The molecule has 0 radical (unpaired) electrons. The minimum Gasteiger partial charge on any atom is -0.467 e. The minimum absolute atomic E-state index is 0.227. The first-order valence-electron chi connectivity index (χ1n) is 4.22. The lowest BCUT2D eigenvalue weighted by Crippen LogP contribution is -2.43. The Balaban J connectivity index is 3.25. The third-order valence-electron chi connectivity index (χ3n) is 2.10. The molecule has 1 aromatic rings. The van der Waals surface area contributed by atoms with Gasteiger partial charge in [0.1, 0.15) is 17.2 Å². The average molecular weight is 215 g/mol. The summed E-state index contributed by atoms with van der Waals surface area (Å²) >= 11 is 0.